The fourth-order valence-electron chi connectivity index (χ4n) is 3.77. The number of allylic oxidation sites excluding steroid dienone is 2. The Bertz CT molecular complexity index is 944. The molecule has 0 N–H and O–H groups in total. The summed E-state index contributed by atoms with van der Waals surface area (Å²) in [5, 5.41) is 0. The van der Waals surface area contributed by atoms with E-state index in [1.165, 1.54) is 12.1 Å². The van der Waals surface area contributed by atoms with Gasteiger partial charge in [0, 0.05) is 22.3 Å². The maximum Gasteiger partial charge on any atom is 0.185 e. The first-order valence-corrected chi connectivity index (χ1v) is 11.8. The van der Waals surface area contributed by atoms with Crippen molar-refractivity contribution in [2.24, 2.45) is 0 Å². The lowest BCUT2D eigenvalue weighted by atomic mass is 9.86. The minimum absolute atomic E-state index is 0.103. The van der Waals surface area contributed by atoms with Gasteiger partial charge < -0.3 is 9.47 Å². The first-order valence-electron chi connectivity index (χ1n) is 11.8. The third-order valence-electron chi connectivity index (χ3n) is 5.62. The molecule has 176 valence electrons. The van der Waals surface area contributed by atoms with E-state index in [1.807, 2.05) is 13.8 Å². The highest BCUT2D eigenvalue weighted by Gasteiger charge is 2.22. The van der Waals surface area contributed by atoms with Crippen LogP contribution < -0.4 is 9.47 Å². The van der Waals surface area contributed by atoms with Gasteiger partial charge in [-0.15, -0.1) is 0 Å². The van der Waals surface area contributed by atoms with E-state index in [1.54, 1.807) is 36.4 Å². The second kappa shape index (κ2) is 12.3. The minimum Gasteiger partial charge on any atom is -0.490 e. The predicted octanol–water partition coefficient (Wildman–Crippen LogP) is 7.54. The van der Waals surface area contributed by atoms with Crippen LogP contribution in [0.2, 0.25) is 0 Å². The molecule has 0 atom stereocenters. The van der Waals surface area contributed by atoms with Gasteiger partial charge in [-0.3, -0.25) is 4.79 Å². The van der Waals surface area contributed by atoms with Gasteiger partial charge in [0.1, 0.15) is 0 Å². The number of rotatable bonds is 10. The Kier molecular flexibility index (Phi) is 9.23. The minimum atomic E-state index is -0.437. The van der Waals surface area contributed by atoms with E-state index in [-0.39, 0.29) is 17.3 Å². The van der Waals surface area contributed by atoms with E-state index in [4.69, 9.17) is 9.47 Å². The van der Waals surface area contributed by atoms with Crippen LogP contribution in [0.25, 0.3) is 12.2 Å². The van der Waals surface area contributed by atoms with Crippen molar-refractivity contribution in [3.63, 3.8) is 0 Å². The van der Waals surface area contributed by atoms with Crippen LogP contribution in [0, 0.1) is 11.6 Å². The van der Waals surface area contributed by atoms with Crippen LogP contribution >= 0.6 is 0 Å². The highest BCUT2D eigenvalue weighted by atomic mass is 19.1. The summed E-state index contributed by atoms with van der Waals surface area (Å²) in [6, 6.07) is 9.47. The Morgan fingerprint density at radius 2 is 1.24 bits per heavy atom. The summed E-state index contributed by atoms with van der Waals surface area (Å²) >= 11 is 0. The van der Waals surface area contributed by atoms with Crippen LogP contribution in [0.4, 0.5) is 8.78 Å². The number of benzene rings is 2. The molecule has 0 heterocycles. The molecule has 3 nitrogen and oxygen atoms in total. The smallest absolute Gasteiger partial charge is 0.185 e. The molecule has 2 aromatic rings. The van der Waals surface area contributed by atoms with Crippen molar-refractivity contribution in [2.75, 3.05) is 13.2 Å². The molecule has 1 fully saturated rings. The molecular weight excluding hydrogens is 422 g/mol. The Labute approximate surface area is 195 Å². The van der Waals surface area contributed by atoms with Gasteiger partial charge in [-0.1, -0.05) is 51.0 Å². The number of hydrogen-bond acceptors (Lipinski definition) is 3. The molecule has 0 spiro atoms. The van der Waals surface area contributed by atoms with E-state index in [2.05, 4.69) is 0 Å². The number of carbonyl (C=O) groups is 1. The largest absolute Gasteiger partial charge is 0.490 e. The van der Waals surface area contributed by atoms with E-state index in [9.17, 15) is 13.6 Å². The Morgan fingerprint density at radius 3 is 1.67 bits per heavy atom. The van der Waals surface area contributed by atoms with Gasteiger partial charge >= 0.3 is 0 Å². The van der Waals surface area contributed by atoms with E-state index in [0.717, 1.165) is 32.1 Å². The van der Waals surface area contributed by atoms with Crippen LogP contribution in [-0.4, -0.2) is 19.0 Å². The Hall–Kier alpha value is -2.95. The molecule has 0 aromatic heterocycles. The average molecular weight is 455 g/mol. The van der Waals surface area contributed by atoms with Gasteiger partial charge in [0.2, 0.25) is 0 Å². The van der Waals surface area contributed by atoms with Crippen LogP contribution in [0.3, 0.4) is 0 Å². The lowest BCUT2D eigenvalue weighted by Gasteiger charge is -2.18. The summed E-state index contributed by atoms with van der Waals surface area (Å²) in [5.41, 5.74) is 2.32. The molecule has 0 bridgehead atoms. The zero-order chi connectivity index (χ0) is 23.6. The second-order valence-electron chi connectivity index (χ2n) is 8.24. The zero-order valence-electron chi connectivity index (χ0n) is 19.5. The summed E-state index contributed by atoms with van der Waals surface area (Å²) in [5.74, 6) is -0.617. The first-order chi connectivity index (χ1) is 16.0. The highest BCUT2D eigenvalue weighted by molar-refractivity contribution is 6.14. The van der Waals surface area contributed by atoms with Gasteiger partial charge in [0.05, 0.1) is 13.2 Å². The fourth-order valence-corrected chi connectivity index (χ4v) is 3.77. The van der Waals surface area contributed by atoms with Crippen molar-refractivity contribution in [1.82, 2.24) is 0 Å². The monoisotopic (exact) mass is 454 g/mol. The molecule has 2 aromatic carbocycles. The number of Topliss-reactive ketones (excluding diaryl/α,β-unsaturated/α-hetero) is 1. The highest BCUT2D eigenvalue weighted by Crippen LogP contribution is 2.33. The van der Waals surface area contributed by atoms with E-state index in [0.29, 0.717) is 48.3 Å². The van der Waals surface area contributed by atoms with Crippen molar-refractivity contribution < 1.29 is 23.0 Å². The number of ether oxygens (including phenoxy) is 2. The lowest BCUT2D eigenvalue weighted by molar-refractivity contribution is -0.112. The molecule has 0 aliphatic heterocycles. The number of para-hydroxylation sites is 2. The van der Waals surface area contributed by atoms with Crippen LogP contribution in [0.15, 0.2) is 47.5 Å². The molecule has 5 heteroatoms. The standard InChI is InChI=1S/C28H32F2O3/c1-3-5-16-32-27-22(12-8-14-24(27)29)18-20-10-7-11-21(26(20)31)19-23-13-9-15-25(30)28(23)33-17-6-4-2/h8-9,12-15,18-19H,3-7,10-11,16-17H2,1-2H3/b20-18+,21-19+. The average Bonchev–Trinajstić information content (AvgIpc) is 2.80. The molecule has 1 aliphatic carbocycles. The zero-order valence-corrected chi connectivity index (χ0v) is 19.5. The molecular formula is C28H32F2O3. The molecule has 0 amide bonds. The van der Waals surface area contributed by atoms with Gasteiger partial charge in [-0.25, -0.2) is 8.78 Å². The lowest BCUT2D eigenvalue weighted by Crippen LogP contribution is -2.13. The van der Waals surface area contributed by atoms with Gasteiger partial charge in [0.15, 0.2) is 28.9 Å². The summed E-state index contributed by atoms with van der Waals surface area (Å²) in [7, 11) is 0. The number of unbranched alkanes of at least 4 members (excludes halogenated alkanes) is 2. The SMILES string of the molecule is CCCCOc1c(F)cccc1/C=C1\CCC/C(=C\c2cccc(F)c2OCCCC)C1=O. The summed E-state index contributed by atoms with van der Waals surface area (Å²) in [6.07, 6.45) is 8.98. The Morgan fingerprint density at radius 1 is 0.788 bits per heavy atom. The van der Waals surface area contributed by atoms with Crippen molar-refractivity contribution in [1.29, 1.82) is 0 Å². The number of ketones is 1. The van der Waals surface area contributed by atoms with Crippen LogP contribution in [0.5, 0.6) is 11.5 Å². The third-order valence-corrected chi connectivity index (χ3v) is 5.62. The second-order valence-corrected chi connectivity index (χ2v) is 8.24. The van der Waals surface area contributed by atoms with Crippen molar-refractivity contribution in [3.05, 3.63) is 70.3 Å². The molecule has 0 radical (unpaired) electrons. The summed E-state index contributed by atoms with van der Waals surface area (Å²) < 4.78 is 40.2. The third kappa shape index (κ3) is 6.53. The molecule has 3 rings (SSSR count). The topological polar surface area (TPSA) is 35.5 Å². The summed E-state index contributed by atoms with van der Waals surface area (Å²) in [4.78, 5) is 13.2. The quantitative estimate of drug-likeness (QED) is 0.275. The van der Waals surface area contributed by atoms with Crippen molar-refractivity contribution in [2.45, 2.75) is 58.8 Å². The van der Waals surface area contributed by atoms with E-state index >= 15 is 0 Å². The molecule has 1 saturated carbocycles. The maximum atomic E-state index is 14.4. The van der Waals surface area contributed by atoms with Gasteiger partial charge in [0.25, 0.3) is 0 Å². The maximum absolute atomic E-state index is 14.4. The van der Waals surface area contributed by atoms with E-state index < -0.39 is 11.6 Å². The van der Waals surface area contributed by atoms with Crippen molar-refractivity contribution >= 4 is 17.9 Å². The molecule has 0 unspecified atom stereocenters. The molecule has 0 saturated heterocycles. The van der Waals surface area contributed by atoms with Crippen LogP contribution in [0.1, 0.15) is 69.9 Å². The number of carbonyl (C=O) groups excluding carboxylic acids is 1. The van der Waals surface area contributed by atoms with Gasteiger partial charge in [-0.05, 0) is 56.4 Å². The van der Waals surface area contributed by atoms with Crippen molar-refractivity contribution in [3.8, 4) is 11.5 Å². The fraction of sp³-hybridized carbons (Fsp3) is 0.393. The first kappa shape index (κ1) is 24.7. The summed E-state index contributed by atoms with van der Waals surface area (Å²) in [6.45, 7) is 4.93. The normalized spacial score (nSPS) is 16.4. The Balaban J connectivity index is 1.89. The molecule has 33 heavy (non-hydrogen) atoms. The van der Waals surface area contributed by atoms with Crippen LogP contribution in [-0.2, 0) is 4.79 Å². The predicted molar refractivity (Wildman–Crippen MR) is 128 cm³/mol. The molecule has 1 aliphatic rings. The number of hydrogen-bond donors (Lipinski definition) is 0. The number of halogens is 2. The van der Waals surface area contributed by atoms with Gasteiger partial charge in [-0.2, -0.15) is 0 Å².